The number of hydrogen-bond acceptors (Lipinski definition) is 4. The summed E-state index contributed by atoms with van der Waals surface area (Å²) in [6.07, 6.45) is 8.57. The fourth-order valence-electron chi connectivity index (χ4n) is 7.16. The molecule has 1 unspecified atom stereocenters. The summed E-state index contributed by atoms with van der Waals surface area (Å²) in [5, 5.41) is 1.80. The van der Waals surface area contributed by atoms with Gasteiger partial charge in [0.1, 0.15) is 5.76 Å². The van der Waals surface area contributed by atoms with Crippen LogP contribution in [0.5, 0.6) is 0 Å². The number of piperidine rings is 1. The molecule has 0 N–H and O–H groups in total. The van der Waals surface area contributed by atoms with Gasteiger partial charge >= 0.3 is 0 Å². The van der Waals surface area contributed by atoms with Crippen LogP contribution in [-0.2, 0) is 18.2 Å². The first-order chi connectivity index (χ1) is 17.1. The first-order valence-corrected chi connectivity index (χ1v) is 24.7. The second-order valence-electron chi connectivity index (χ2n) is 16.5. The first-order valence-electron chi connectivity index (χ1n) is 14.9. The van der Waals surface area contributed by atoms with Gasteiger partial charge in [-0.3, -0.25) is 4.79 Å². The quantitative estimate of drug-likeness (QED) is 0.297. The molecule has 1 heterocycles. The van der Waals surface area contributed by atoms with Crippen LogP contribution >= 0.6 is 0 Å². The van der Waals surface area contributed by atoms with Crippen LogP contribution in [-0.4, -0.2) is 42.0 Å². The van der Waals surface area contributed by atoms with E-state index in [9.17, 15) is 4.79 Å². The Bertz CT molecular complexity index is 1030. The molecule has 3 aliphatic carbocycles. The highest BCUT2D eigenvalue weighted by atomic mass is 28.4. The van der Waals surface area contributed by atoms with Crippen molar-refractivity contribution in [1.82, 2.24) is 5.06 Å². The summed E-state index contributed by atoms with van der Waals surface area (Å²) in [4.78, 5) is 13.3. The van der Waals surface area contributed by atoms with Crippen molar-refractivity contribution in [3.05, 3.63) is 23.1 Å². The van der Waals surface area contributed by atoms with Crippen LogP contribution in [0.3, 0.4) is 0 Å². The van der Waals surface area contributed by atoms with E-state index in [0.29, 0.717) is 24.4 Å². The molecular weight excluding hydrogens is 523 g/mol. The predicted octanol–water partition coefficient (Wildman–Crippen LogP) is 8.60. The fraction of sp³-hybridized carbons (Fsp3) is 0.833. The Morgan fingerprint density at radius 1 is 0.895 bits per heavy atom. The molecule has 4 aliphatic rings. The van der Waals surface area contributed by atoms with Crippen molar-refractivity contribution in [3.8, 4) is 0 Å². The number of hydrogen-bond donors (Lipinski definition) is 0. The highest BCUT2D eigenvalue weighted by molar-refractivity contribution is 6.74. The lowest BCUT2D eigenvalue weighted by molar-refractivity contribution is -0.164. The Labute approximate surface area is 236 Å². The van der Waals surface area contributed by atoms with E-state index in [-0.39, 0.29) is 21.8 Å². The van der Waals surface area contributed by atoms with E-state index in [1.165, 1.54) is 12.0 Å². The summed E-state index contributed by atoms with van der Waals surface area (Å²) in [6.45, 7) is 30.0. The molecule has 216 valence electrons. The topological polar surface area (TPSA) is 48.0 Å². The van der Waals surface area contributed by atoms with Crippen LogP contribution in [0.25, 0.3) is 0 Å². The van der Waals surface area contributed by atoms with Gasteiger partial charge in [-0.1, -0.05) is 34.6 Å². The first kappa shape index (κ1) is 30.3. The third kappa shape index (κ3) is 5.33. The summed E-state index contributed by atoms with van der Waals surface area (Å²) < 4.78 is 20.6. The van der Waals surface area contributed by atoms with Crippen LogP contribution in [0.4, 0.5) is 0 Å². The molecule has 1 amide bonds. The second-order valence-corrected chi connectivity index (χ2v) is 30.1. The minimum atomic E-state index is -2.12. The molecule has 5 nitrogen and oxygen atoms in total. The van der Waals surface area contributed by atoms with Gasteiger partial charge in [-0.25, -0.2) is 5.06 Å². The average molecular weight is 578 g/mol. The summed E-state index contributed by atoms with van der Waals surface area (Å²) >= 11 is 0. The van der Waals surface area contributed by atoms with E-state index in [0.717, 1.165) is 37.1 Å². The molecule has 0 radical (unpaired) electrons. The highest BCUT2D eigenvalue weighted by Crippen LogP contribution is 2.65. The maximum absolute atomic E-state index is 13.3. The lowest BCUT2D eigenvalue weighted by Crippen LogP contribution is -2.55. The van der Waals surface area contributed by atoms with Gasteiger partial charge in [0.15, 0.2) is 8.32 Å². The number of hydroxylamine groups is 2. The average Bonchev–Trinajstić information content (AvgIpc) is 3.04. The van der Waals surface area contributed by atoms with Crippen LogP contribution in [0, 0.1) is 22.7 Å². The summed E-state index contributed by atoms with van der Waals surface area (Å²) in [7, 11) is -5.78. The van der Waals surface area contributed by atoms with Crippen molar-refractivity contribution < 1.29 is 18.2 Å². The van der Waals surface area contributed by atoms with Crippen LogP contribution < -0.4 is 0 Å². The van der Waals surface area contributed by atoms with Crippen molar-refractivity contribution in [1.29, 1.82) is 0 Å². The fourth-order valence-corrected chi connectivity index (χ4v) is 10.2. The SMILES string of the molecule is CC(C)(C)[Si](C)(C)OC1=C2[C@@H](CC[C@]3(C)C(O[Si](C)(C)C)CC[C@@H]23)[C@@]2(C)CCC(=O)N(O[Si](C)(C)C)C2=C1. The van der Waals surface area contributed by atoms with E-state index < -0.39 is 25.0 Å². The van der Waals surface area contributed by atoms with E-state index >= 15 is 0 Å². The maximum Gasteiger partial charge on any atom is 0.250 e. The van der Waals surface area contributed by atoms with Crippen LogP contribution in [0.2, 0.25) is 57.4 Å². The van der Waals surface area contributed by atoms with E-state index in [1.54, 1.807) is 5.06 Å². The molecule has 4 rings (SSSR count). The highest BCUT2D eigenvalue weighted by Gasteiger charge is 2.60. The molecule has 0 aromatic rings. The van der Waals surface area contributed by atoms with E-state index in [1.807, 2.05) is 0 Å². The van der Waals surface area contributed by atoms with Gasteiger partial charge < -0.3 is 13.4 Å². The standard InChI is InChI=1S/C30H55NO4Si3/c1-28(2,3)38(12,13)33-23-20-24-29(4,19-17-26(32)31(24)35-37(9,10)11)22-16-18-30(5)21(27(22)23)14-15-25(30)34-36(6,7)8/h20-22,25H,14-19H2,1-13H3/t21-,22+,25?,29+,30-/m0/s1. The lowest BCUT2D eigenvalue weighted by atomic mass is 9.53. The number of amides is 1. The molecule has 3 fully saturated rings. The van der Waals surface area contributed by atoms with Crippen molar-refractivity contribution >= 4 is 30.9 Å². The van der Waals surface area contributed by atoms with Gasteiger partial charge in [-0.2, -0.15) is 0 Å². The monoisotopic (exact) mass is 577 g/mol. The molecular formula is C30H55NO4Si3. The summed E-state index contributed by atoms with van der Waals surface area (Å²) in [5.74, 6) is 1.97. The Kier molecular flexibility index (Phi) is 7.51. The van der Waals surface area contributed by atoms with Crippen molar-refractivity contribution in [2.24, 2.45) is 22.7 Å². The molecule has 0 bridgehead atoms. The summed E-state index contributed by atoms with van der Waals surface area (Å²) in [5.41, 5.74) is 2.57. The zero-order chi connectivity index (χ0) is 28.7. The third-order valence-electron chi connectivity index (χ3n) is 10.2. The van der Waals surface area contributed by atoms with Gasteiger partial charge in [-0.05, 0) is 112 Å². The van der Waals surface area contributed by atoms with Crippen molar-refractivity contribution in [3.63, 3.8) is 0 Å². The number of carbonyl (C=O) groups is 1. The largest absolute Gasteiger partial charge is 0.543 e. The zero-order valence-corrected chi connectivity index (χ0v) is 29.6. The number of carbonyl (C=O) groups excluding carboxylic acids is 1. The smallest absolute Gasteiger partial charge is 0.250 e. The lowest BCUT2D eigenvalue weighted by Gasteiger charge is -2.56. The second kappa shape index (κ2) is 9.43. The Morgan fingerprint density at radius 3 is 2.08 bits per heavy atom. The molecule has 1 saturated heterocycles. The van der Waals surface area contributed by atoms with Crippen molar-refractivity contribution in [2.45, 2.75) is 137 Å². The molecule has 5 atom stereocenters. The zero-order valence-electron chi connectivity index (χ0n) is 26.6. The van der Waals surface area contributed by atoms with Crippen molar-refractivity contribution in [2.75, 3.05) is 0 Å². The molecule has 1 aliphatic heterocycles. The molecule has 38 heavy (non-hydrogen) atoms. The summed E-state index contributed by atoms with van der Waals surface area (Å²) in [6, 6.07) is 0. The molecule has 0 spiro atoms. The van der Waals surface area contributed by atoms with Gasteiger partial charge in [0, 0.05) is 17.9 Å². The van der Waals surface area contributed by atoms with Crippen LogP contribution in [0.15, 0.2) is 23.1 Å². The normalized spacial score (nSPS) is 34.6. The number of fused-ring (bicyclic) bond motifs is 5. The number of allylic oxidation sites excluding steroid dienone is 3. The Balaban J connectivity index is 1.88. The number of nitrogens with zero attached hydrogens (tertiary/aromatic N) is 1. The van der Waals surface area contributed by atoms with Gasteiger partial charge in [0.25, 0.3) is 0 Å². The Morgan fingerprint density at radius 2 is 1.53 bits per heavy atom. The van der Waals surface area contributed by atoms with Gasteiger partial charge in [0.05, 0.1) is 11.8 Å². The van der Waals surface area contributed by atoms with Crippen LogP contribution in [0.1, 0.15) is 73.1 Å². The maximum atomic E-state index is 13.3. The van der Waals surface area contributed by atoms with E-state index in [2.05, 4.69) is 93.1 Å². The van der Waals surface area contributed by atoms with Gasteiger partial charge in [-0.15, -0.1) is 0 Å². The predicted molar refractivity (Wildman–Crippen MR) is 164 cm³/mol. The minimum Gasteiger partial charge on any atom is -0.543 e. The van der Waals surface area contributed by atoms with Gasteiger partial charge in [0.2, 0.25) is 22.5 Å². The Hall–Kier alpha value is -0.679. The minimum absolute atomic E-state index is 0.0866. The molecule has 2 saturated carbocycles. The molecule has 8 heteroatoms. The third-order valence-corrected chi connectivity index (χ3v) is 16.3. The molecule has 0 aromatic carbocycles. The van der Waals surface area contributed by atoms with E-state index in [4.69, 9.17) is 13.4 Å². The molecule has 0 aromatic heterocycles. The number of rotatable bonds is 6.